The summed E-state index contributed by atoms with van der Waals surface area (Å²) < 4.78 is 12.9. The van der Waals surface area contributed by atoms with Gasteiger partial charge < -0.3 is 19.4 Å². The van der Waals surface area contributed by atoms with E-state index in [1.54, 1.807) is 12.1 Å². The van der Waals surface area contributed by atoms with Crippen molar-refractivity contribution >= 4 is 51.6 Å². The second kappa shape index (κ2) is 12.4. The number of rotatable bonds is 9. The molecule has 0 radical (unpaired) electrons. The standard InChI is InChI=1S/C29H31ClN4O4S2/c1-17(38-21-13-9-19(10-14-21)29(2,3)4)25-32-33-28(34(25)5)40-16-23(35)31-26-24(27(36)37-6)22(15-39-26)18-7-11-20(30)12-8-18/h7-15,17H,16H2,1-6H3,(H,31,35). The Kier molecular flexibility index (Phi) is 9.22. The molecule has 4 rings (SSSR count). The minimum Gasteiger partial charge on any atom is -0.483 e. The molecule has 0 aliphatic rings. The molecule has 0 aliphatic carbocycles. The highest BCUT2D eigenvalue weighted by Crippen LogP contribution is 2.37. The second-order valence-corrected chi connectivity index (χ2v) is 12.4. The number of methoxy groups -OCH3 is 1. The molecule has 8 nitrogen and oxygen atoms in total. The largest absolute Gasteiger partial charge is 0.483 e. The van der Waals surface area contributed by atoms with E-state index in [1.165, 1.54) is 35.8 Å². The first-order chi connectivity index (χ1) is 19.0. The van der Waals surface area contributed by atoms with Gasteiger partial charge in [-0.25, -0.2) is 4.79 Å². The van der Waals surface area contributed by atoms with E-state index in [9.17, 15) is 9.59 Å². The van der Waals surface area contributed by atoms with Gasteiger partial charge in [0.1, 0.15) is 16.3 Å². The molecule has 1 atom stereocenters. The Morgan fingerprint density at radius 1 is 1.10 bits per heavy atom. The third-order valence-corrected chi connectivity index (χ3v) is 8.35. The van der Waals surface area contributed by atoms with E-state index in [0.717, 1.165) is 11.3 Å². The zero-order valence-corrected chi connectivity index (χ0v) is 25.5. The first kappa shape index (κ1) is 29.6. The molecule has 0 fully saturated rings. The number of anilines is 1. The number of benzene rings is 2. The van der Waals surface area contributed by atoms with E-state index in [2.05, 4.69) is 48.4 Å². The second-order valence-electron chi connectivity index (χ2n) is 10.1. The highest BCUT2D eigenvalue weighted by atomic mass is 35.5. The zero-order valence-electron chi connectivity index (χ0n) is 23.1. The van der Waals surface area contributed by atoms with Crippen LogP contribution in [0.15, 0.2) is 59.1 Å². The molecule has 0 spiro atoms. The smallest absolute Gasteiger partial charge is 0.341 e. The molecular formula is C29H31ClN4O4S2. The number of amides is 1. The third kappa shape index (κ3) is 6.86. The highest BCUT2D eigenvalue weighted by molar-refractivity contribution is 7.99. The predicted octanol–water partition coefficient (Wildman–Crippen LogP) is 7.15. The van der Waals surface area contributed by atoms with Crippen molar-refractivity contribution in [2.45, 2.75) is 44.4 Å². The topological polar surface area (TPSA) is 95.3 Å². The Balaban J connectivity index is 1.40. The van der Waals surface area contributed by atoms with Crippen molar-refractivity contribution in [2.75, 3.05) is 18.2 Å². The molecular weight excluding hydrogens is 568 g/mol. The molecule has 0 saturated carbocycles. The predicted molar refractivity (Wildman–Crippen MR) is 161 cm³/mol. The maximum absolute atomic E-state index is 12.9. The average molecular weight is 599 g/mol. The molecule has 2 heterocycles. The summed E-state index contributed by atoms with van der Waals surface area (Å²) in [5.74, 6) is 0.639. The molecule has 1 N–H and O–H groups in total. The van der Waals surface area contributed by atoms with Crippen LogP contribution in [0.5, 0.6) is 5.75 Å². The van der Waals surface area contributed by atoms with Crippen LogP contribution < -0.4 is 10.1 Å². The lowest BCUT2D eigenvalue weighted by Crippen LogP contribution is -2.16. The number of esters is 1. The van der Waals surface area contributed by atoms with Crippen molar-refractivity contribution in [1.29, 1.82) is 0 Å². The molecule has 0 bridgehead atoms. The summed E-state index contributed by atoms with van der Waals surface area (Å²) in [5, 5.41) is 14.8. The number of carbonyl (C=O) groups excluding carboxylic acids is 2. The van der Waals surface area contributed by atoms with Crippen LogP contribution in [0.3, 0.4) is 0 Å². The summed E-state index contributed by atoms with van der Waals surface area (Å²) in [4.78, 5) is 25.4. The maximum atomic E-state index is 12.9. The van der Waals surface area contributed by atoms with Crippen LogP contribution >= 0.6 is 34.7 Å². The minimum absolute atomic E-state index is 0.0650. The van der Waals surface area contributed by atoms with E-state index >= 15 is 0 Å². The minimum atomic E-state index is -0.533. The van der Waals surface area contributed by atoms with Gasteiger partial charge in [-0.3, -0.25) is 4.79 Å². The van der Waals surface area contributed by atoms with Gasteiger partial charge in [0.05, 0.1) is 12.9 Å². The monoisotopic (exact) mass is 598 g/mol. The molecule has 0 aliphatic heterocycles. The summed E-state index contributed by atoms with van der Waals surface area (Å²) in [6.07, 6.45) is -0.346. The van der Waals surface area contributed by atoms with Crippen LogP contribution in [0, 0.1) is 0 Å². The van der Waals surface area contributed by atoms with Gasteiger partial charge in [-0.05, 0) is 47.7 Å². The lowest BCUT2D eigenvalue weighted by Gasteiger charge is -2.20. The lowest BCUT2D eigenvalue weighted by atomic mass is 9.87. The van der Waals surface area contributed by atoms with Crippen molar-refractivity contribution < 1.29 is 19.1 Å². The van der Waals surface area contributed by atoms with Gasteiger partial charge in [0, 0.05) is 23.0 Å². The molecule has 0 saturated heterocycles. The molecule has 11 heteroatoms. The van der Waals surface area contributed by atoms with Crippen molar-refractivity contribution in [3.8, 4) is 16.9 Å². The number of hydrogen-bond acceptors (Lipinski definition) is 8. The zero-order chi connectivity index (χ0) is 29.0. The van der Waals surface area contributed by atoms with Gasteiger partial charge in [-0.1, -0.05) is 68.4 Å². The number of ether oxygens (including phenoxy) is 2. The molecule has 4 aromatic rings. The Bertz CT molecular complexity index is 1490. The fraction of sp³-hybridized carbons (Fsp3) is 0.310. The number of thiophene rings is 1. The van der Waals surface area contributed by atoms with Crippen molar-refractivity contribution in [2.24, 2.45) is 7.05 Å². The quantitative estimate of drug-likeness (QED) is 0.161. The van der Waals surface area contributed by atoms with E-state index in [1.807, 2.05) is 48.2 Å². The average Bonchev–Trinajstić information content (AvgIpc) is 3.50. The number of halogens is 1. The number of aromatic nitrogens is 3. The van der Waals surface area contributed by atoms with Crippen LogP contribution in [0.2, 0.25) is 5.02 Å². The van der Waals surface area contributed by atoms with Crippen LogP contribution in [0.4, 0.5) is 5.00 Å². The summed E-state index contributed by atoms with van der Waals surface area (Å²) >= 11 is 8.51. The van der Waals surface area contributed by atoms with Crippen LogP contribution in [0.1, 0.15) is 55.5 Å². The molecule has 2 aromatic heterocycles. The SMILES string of the molecule is COC(=O)c1c(-c2ccc(Cl)cc2)csc1NC(=O)CSc1nnc(C(C)Oc2ccc(C(C)(C)C)cc2)n1C. The van der Waals surface area contributed by atoms with Crippen molar-refractivity contribution in [3.05, 3.63) is 75.9 Å². The Hall–Kier alpha value is -3.34. The van der Waals surface area contributed by atoms with Gasteiger partial charge in [0.25, 0.3) is 0 Å². The van der Waals surface area contributed by atoms with E-state index in [-0.39, 0.29) is 23.2 Å². The highest BCUT2D eigenvalue weighted by Gasteiger charge is 2.23. The van der Waals surface area contributed by atoms with Gasteiger partial charge in [0.2, 0.25) is 5.91 Å². The Morgan fingerprint density at radius 3 is 2.40 bits per heavy atom. The molecule has 2 aromatic carbocycles. The Morgan fingerprint density at radius 2 is 1.77 bits per heavy atom. The van der Waals surface area contributed by atoms with Crippen LogP contribution in [-0.2, 0) is 22.0 Å². The summed E-state index contributed by atoms with van der Waals surface area (Å²) in [7, 11) is 3.15. The fourth-order valence-corrected chi connectivity index (χ4v) is 5.80. The van der Waals surface area contributed by atoms with E-state index < -0.39 is 5.97 Å². The maximum Gasteiger partial charge on any atom is 0.341 e. The first-order valence-corrected chi connectivity index (χ1v) is 14.8. The molecule has 210 valence electrons. The summed E-state index contributed by atoms with van der Waals surface area (Å²) in [6.45, 7) is 8.41. The number of nitrogens with zero attached hydrogens (tertiary/aromatic N) is 3. The molecule has 40 heavy (non-hydrogen) atoms. The normalized spacial score (nSPS) is 12.2. The van der Waals surface area contributed by atoms with Crippen molar-refractivity contribution in [1.82, 2.24) is 14.8 Å². The van der Waals surface area contributed by atoms with E-state index in [0.29, 0.717) is 32.1 Å². The van der Waals surface area contributed by atoms with Crippen molar-refractivity contribution in [3.63, 3.8) is 0 Å². The van der Waals surface area contributed by atoms with E-state index in [4.69, 9.17) is 21.1 Å². The van der Waals surface area contributed by atoms with Gasteiger partial charge in [0.15, 0.2) is 17.1 Å². The number of nitrogens with one attached hydrogen (secondary N) is 1. The van der Waals surface area contributed by atoms with Gasteiger partial charge in [-0.2, -0.15) is 0 Å². The lowest BCUT2D eigenvalue weighted by molar-refractivity contribution is -0.113. The number of carbonyl (C=O) groups is 2. The molecule has 1 unspecified atom stereocenters. The van der Waals surface area contributed by atoms with Crippen LogP contribution in [-0.4, -0.2) is 39.5 Å². The molecule has 1 amide bonds. The van der Waals surface area contributed by atoms with Crippen LogP contribution in [0.25, 0.3) is 11.1 Å². The van der Waals surface area contributed by atoms with Gasteiger partial charge in [-0.15, -0.1) is 21.5 Å². The van der Waals surface area contributed by atoms with Gasteiger partial charge >= 0.3 is 5.97 Å². The summed E-state index contributed by atoms with van der Waals surface area (Å²) in [6, 6.07) is 15.2. The first-order valence-electron chi connectivity index (χ1n) is 12.5. The fourth-order valence-electron chi connectivity index (χ4n) is 3.99. The number of thioether (sulfide) groups is 1. The third-order valence-electron chi connectivity index (χ3n) is 6.19. The summed E-state index contributed by atoms with van der Waals surface area (Å²) in [5.41, 5.74) is 3.05. The number of hydrogen-bond donors (Lipinski definition) is 1. The Labute approximate surface area is 247 Å².